The van der Waals surface area contributed by atoms with Crippen LogP contribution in [0.5, 0.6) is 0 Å². The molecule has 0 aromatic heterocycles. The zero-order valence-corrected chi connectivity index (χ0v) is 15.4. The van der Waals surface area contributed by atoms with Crippen LogP contribution < -0.4 is 5.32 Å². The van der Waals surface area contributed by atoms with Gasteiger partial charge in [-0.3, -0.25) is 9.69 Å². The fraction of sp³-hybridized carbons (Fsp3) is 0.526. The summed E-state index contributed by atoms with van der Waals surface area (Å²) in [5, 5.41) is 12.0. The van der Waals surface area contributed by atoms with Gasteiger partial charge in [-0.1, -0.05) is 30.3 Å². The van der Waals surface area contributed by atoms with E-state index in [4.69, 9.17) is 4.74 Å². The van der Waals surface area contributed by atoms with E-state index in [0.717, 1.165) is 5.56 Å². The fourth-order valence-electron chi connectivity index (χ4n) is 2.90. The van der Waals surface area contributed by atoms with Crippen LogP contribution in [-0.2, 0) is 20.7 Å². The van der Waals surface area contributed by atoms with Crippen molar-refractivity contribution in [2.24, 2.45) is 0 Å². The molecule has 7 nitrogen and oxygen atoms in total. The summed E-state index contributed by atoms with van der Waals surface area (Å²) in [4.78, 5) is 37.8. The topological polar surface area (TPSA) is 95.9 Å². The molecule has 1 aliphatic heterocycles. The number of nitrogens with one attached hydrogen (secondary N) is 1. The molecule has 1 aliphatic rings. The largest absolute Gasteiger partial charge is 0.480 e. The van der Waals surface area contributed by atoms with Crippen molar-refractivity contribution in [1.82, 2.24) is 10.2 Å². The summed E-state index contributed by atoms with van der Waals surface area (Å²) < 4.78 is 5.34. The highest BCUT2D eigenvalue weighted by molar-refractivity contribution is 5.89. The van der Waals surface area contributed by atoms with Gasteiger partial charge in [0.2, 0.25) is 5.91 Å². The Morgan fingerprint density at radius 1 is 1.27 bits per heavy atom. The molecule has 1 aromatic rings. The molecule has 1 saturated heterocycles. The summed E-state index contributed by atoms with van der Waals surface area (Å²) in [5.74, 6) is -1.57. The first-order chi connectivity index (χ1) is 12.2. The van der Waals surface area contributed by atoms with Crippen LogP contribution in [0.15, 0.2) is 30.3 Å². The molecule has 2 rings (SSSR count). The normalized spacial score (nSPS) is 18.3. The third-order valence-electron chi connectivity index (χ3n) is 4.08. The van der Waals surface area contributed by atoms with Gasteiger partial charge in [-0.2, -0.15) is 0 Å². The van der Waals surface area contributed by atoms with Crippen LogP contribution in [0, 0.1) is 0 Å². The van der Waals surface area contributed by atoms with E-state index in [1.807, 2.05) is 30.3 Å². The number of likely N-dealkylation sites (tertiary alicyclic amines) is 1. The predicted octanol–water partition coefficient (Wildman–Crippen LogP) is 2.20. The Balaban J connectivity index is 2.03. The van der Waals surface area contributed by atoms with Gasteiger partial charge >= 0.3 is 12.1 Å². The smallest absolute Gasteiger partial charge is 0.410 e. The average Bonchev–Trinajstić information content (AvgIpc) is 3.03. The van der Waals surface area contributed by atoms with Crippen molar-refractivity contribution in [3.63, 3.8) is 0 Å². The third kappa shape index (κ3) is 5.47. The molecule has 2 atom stereocenters. The minimum atomic E-state index is -1.11. The maximum Gasteiger partial charge on any atom is 0.410 e. The molecule has 1 fully saturated rings. The first kappa shape index (κ1) is 19.8. The molecule has 0 unspecified atom stereocenters. The highest BCUT2D eigenvalue weighted by atomic mass is 16.6. The quantitative estimate of drug-likeness (QED) is 0.837. The Bertz CT molecular complexity index is 654. The number of rotatable bonds is 5. The summed E-state index contributed by atoms with van der Waals surface area (Å²) >= 11 is 0. The van der Waals surface area contributed by atoms with Crippen molar-refractivity contribution in [3.05, 3.63) is 35.9 Å². The molecular formula is C19H26N2O5. The summed E-state index contributed by atoms with van der Waals surface area (Å²) in [6, 6.07) is 7.34. The summed E-state index contributed by atoms with van der Waals surface area (Å²) in [5.41, 5.74) is 0.160. The van der Waals surface area contributed by atoms with Crippen LogP contribution in [0.25, 0.3) is 0 Å². The van der Waals surface area contributed by atoms with Gasteiger partial charge in [0.05, 0.1) is 0 Å². The number of carbonyl (C=O) groups excluding carboxylic acids is 2. The first-order valence-electron chi connectivity index (χ1n) is 8.74. The van der Waals surface area contributed by atoms with Crippen molar-refractivity contribution in [2.45, 2.75) is 57.7 Å². The van der Waals surface area contributed by atoms with E-state index in [2.05, 4.69) is 5.32 Å². The fourth-order valence-corrected chi connectivity index (χ4v) is 2.90. The minimum absolute atomic E-state index is 0.182. The molecular weight excluding hydrogens is 336 g/mol. The van der Waals surface area contributed by atoms with Crippen LogP contribution in [0.2, 0.25) is 0 Å². The Labute approximate surface area is 153 Å². The lowest BCUT2D eigenvalue weighted by Crippen LogP contribution is -2.52. The average molecular weight is 362 g/mol. The van der Waals surface area contributed by atoms with Crippen LogP contribution >= 0.6 is 0 Å². The van der Waals surface area contributed by atoms with Gasteiger partial charge < -0.3 is 15.2 Å². The van der Waals surface area contributed by atoms with Crippen LogP contribution in [-0.4, -0.2) is 52.2 Å². The lowest BCUT2D eigenvalue weighted by Gasteiger charge is -2.28. The van der Waals surface area contributed by atoms with Crippen LogP contribution in [0.1, 0.15) is 39.2 Å². The molecule has 7 heteroatoms. The molecule has 26 heavy (non-hydrogen) atoms. The van der Waals surface area contributed by atoms with Crippen LogP contribution in [0.4, 0.5) is 4.79 Å². The van der Waals surface area contributed by atoms with Gasteiger partial charge in [0, 0.05) is 13.0 Å². The number of hydrogen-bond donors (Lipinski definition) is 2. The standard InChI is InChI=1S/C19H26N2O5/c1-19(2,3)26-18(25)21-11-7-10-15(21)16(22)20-14(17(23)24)12-13-8-5-4-6-9-13/h4-6,8-9,14-15H,7,10-12H2,1-3H3,(H,20,22)(H,23,24)/t14-,15-/m0/s1. The summed E-state index contributed by atoms with van der Waals surface area (Å²) in [6.45, 7) is 5.70. The number of hydrogen-bond acceptors (Lipinski definition) is 4. The molecule has 0 aliphatic carbocycles. The molecule has 1 aromatic carbocycles. The first-order valence-corrected chi connectivity index (χ1v) is 8.74. The number of carbonyl (C=O) groups is 3. The zero-order chi connectivity index (χ0) is 19.3. The Hall–Kier alpha value is -2.57. The molecule has 2 amide bonds. The molecule has 0 spiro atoms. The molecule has 1 heterocycles. The van der Waals surface area contributed by atoms with Crippen molar-refractivity contribution in [3.8, 4) is 0 Å². The van der Waals surface area contributed by atoms with Gasteiger partial charge in [0.1, 0.15) is 17.7 Å². The second kappa shape index (κ2) is 8.21. The Morgan fingerprint density at radius 2 is 1.92 bits per heavy atom. The number of carboxylic acid groups (broad SMARTS) is 1. The lowest BCUT2D eigenvalue weighted by atomic mass is 10.1. The zero-order valence-electron chi connectivity index (χ0n) is 15.4. The van der Waals surface area contributed by atoms with E-state index >= 15 is 0 Å². The maximum absolute atomic E-state index is 12.6. The second-order valence-corrected chi connectivity index (χ2v) is 7.42. The van der Waals surface area contributed by atoms with Gasteiger partial charge in [-0.25, -0.2) is 9.59 Å². The molecule has 2 N–H and O–H groups in total. The van der Waals surface area contributed by atoms with E-state index in [-0.39, 0.29) is 6.42 Å². The number of amides is 2. The van der Waals surface area contributed by atoms with E-state index in [9.17, 15) is 19.5 Å². The summed E-state index contributed by atoms with van der Waals surface area (Å²) in [7, 11) is 0. The molecule has 0 saturated carbocycles. The number of aliphatic carboxylic acids is 1. The second-order valence-electron chi connectivity index (χ2n) is 7.42. The van der Waals surface area contributed by atoms with Crippen molar-refractivity contribution in [1.29, 1.82) is 0 Å². The highest BCUT2D eigenvalue weighted by Gasteiger charge is 2.37. The Kier molecular flexibility index (Phi) is 6.23. The van der Waals surface area contributed by atoms with E-state index in [1.165, 1.54) is 4.90 Å². The number of benzene rings is 1. The number of ether oxygens (including phenoxy) is 1. The third-order valence-corrected chi connectivity index (χ3v) is 4.08. The van der Waals surface area contributed by atoms with E-state index < -0.39 is 35.7 Å². The van der Waals surface area contributed by atoms with Gasteiger partial charge in [0.15, 0.2) is 0 Å². The highest BCUT2D eigenvalue weighted by Crippen LogP contribution is 2.21. The molecule has 142 valence electrons. The van der Waals surface area contributed by atoms with Gasteiger partial charge in [-0.05, 0) is 39.2 Å². The van der Waals surface area contributed by atoms with E-state index in [0.29, 0.717) is 19.4 Å². The van der Waals surface area contributed by atoms with Crippen LogP contribution in [0.3, 0.4) is 0 Å². The predicted molar refractivity (Wildman–Crippen MR) is 95.7 cm³/mol. The molecule has 0 radical (unpaired) electrons. The molecule has 0 bridgehead atoms. The Morgan fingerprint density at radius 3 is 2.50 bits per heavy atom. The maximum atomic E-state index is 12.6. The van der Waals surface area contributed by atoms with Gasteiger partial charge in [-0.15, -0.1) is 0 Å². The van der Waals surface area contributed by atoms with Gasteiger partial charge in [0.25, 0.3) is 0 Å². The summed E-state index contributed by atoms with van der Waals surface area (Å²) in [6.07, 6.45) is 0.794. The lowest BCUT2D eigenvalue weighted by molar-refractivity contribution is -0.142. The van der Waals surface area contributed by atoms with E-state index in [1.54, 1.807) is 20.8 Å². The van der Waals surface area contributed by atoms with Crippen molar-refractivity contribution in [2.75, 3.05) is 6.54 Å². The minimum Gasteiger partial charge on any atom is -0.480 e. The monoisotopic (exact) mass is 362 g/mol. The van der Waals surface area contributed by atoms with Crippen molar-refractivity contribution >= 4 is 18.0 Å². The number of nitrogens with zero attached hydrogens (tertiary/aromatic N) is 1. The SMILES string of the molecule is CC(C)(C)OC(=O)N1CCC[C@H]1C(=O)N[C@@H](Cc1ccccc1)C(=O)O. The van der Waals surface area contributed by atoms with Crippen molar-refractivity contribution < 1.29 is 24.2 Å². The number of carboxylic acids is 1.